The lowest BCUT2D eigenvalue weighted by atomic mass is 10.1. The molecule has 0 aromatic heterocycles. The molecule has 0 saturated carbocycles. The first-order valence-electron chi connectivity index (χ1n) is 8.53. The van der Waals surface area contributed by atoms with Crippen molar-refractivity contribution >= 4 is 29.0 Å². The quantitative estimate of drug-likeness (QED) is 0.580. The van der Waals surface area contributed by atoms with E-state index in [1.54, 1.807) is 79.9 Å². The van der Waals surface area contributed by atoms with Gasteiger partial charge in [-0.3, -0.25) is 9.59 Å². The molecule has 3 rings (SSSR count). The van der Waals surface area contributed by atoms with Gasteiger partial charge in [-0.25, -0.2) is 0 Å². The highest BCUT2D eigenvalue weighted by Crippen LogP contribution is 2.21. The van der Waals surface area contributed by atoms with Gasteiger partial charge >= 0.3 is 0 Å². The van der Waals surface area contributed by atoms with E-state index in [-0.39, 0.29) is 18.3 Å². The second-order valence-corrected chi connectivity index (χ2v) is 6.31. The van der Waals surface area contributed by atoms with E-state index in [4.69, 9.17) is 21.1 Å². The van der Waals surface area contributed by atoms with Gasteiger partial charge in [-0.15, -0.1) is 0 Å². The van der Waals surface area contributed by atoms with Crippen LogP contribution in [0.3, 0.4) is 0 Å². The molecule has 0 unspecified atom stereocenters. The standard InChI is InChI=1S/C22H18ClNO4/c1-27-17-8-4-6-15(12-17)21(25)14-28-18-9-5-7-16(13-18)24-22(26)19-10-2-3-11-20(19)23/h2-13H,14H2,1H3,(H,24,26). The molecule has 3 aromatic carbocycles. The summed E-state index contributed by atoms with van der Waals surface area (Å²) < 4.78 is 10.7. The highest BCUT2D eigenvalue weighted by molar-refractivity contribution is 6.34. The van der Waals surface area contributed by atoms with Crippen LogP contribution in [0.2, 0.25) is 5.02 Å². The Morgan fingerprint density at radius 3 is 2.46 bits per heavy atom. The number of anilines is 1. The van der Waals surface area contributed by atoms with E-state index in [2.05, 4.69) is 5.32 Å². The van der Waals surface area contributed by atoms with Gasteiger partial charge < -0.3 is 14.8 Å². The monoisotopic (exact) mass is 395 g/mol. The fourth-order valence-corrected chi connectivity index (χ4v) is 2.76. The number of methoxy groups -OCH3 is 1. The predicted octanol–water partition coefficient (Wildman–Crippen LogP) is 4.86. The Morgan fingerprint density at radius 2 is 1.68 bits per heavy atom. The summed E-state index contributed by atoms with van der Waals surface area (Å²) in [6.45, 7) is -0.130. The largest absolute Gasteiger partial charge is 0.497 e. The van der Waals surface area contributed by atoms with Crippen LogP contribution in [0.4, 0.5) is 5.69 Å². The van der Waals surface area contributed by atoms with Crippen LogP contribution in [-0.4, -0.2) is 25.4 Å². The van der Waals surface area contributed by atoms with Crippen molar-refractivity contribution in [2.24, 2.45) is 0 Å². The molecule has 6 heteroatoms. The summed E-state index contributed by atoms with van der Waals surface area (Å²) in [7, 11) is 1.54. The van der Waals surface area contributed by atoms with E-state index >= 15 is 0 Å². The maximum atomic E-state index is 12.4. The first-order valence-corrected chi connectivity index (χ1v) is 8.90. The van der Waals surface area contributed by atoms with Gasteiger partial charge in [0, 0.05) is 17.3 Å². The van der Waals surface area contributed by atoms with Crippen LogP contribution in [0.5, 0.6) is 11.5 Å². The minimum absolute atomic E-state index is 0.130. The molecule has 0 aliphatic heterocycles. The van der Waals surface area contributed by atoms with Crippen LogP contribution >= 0.6 is 11.6 Å². The number of amides is 1. The second-order valence-electron chi connectivity index (χ2n) is 5.91. The van der Waals surface area contributed by atoms with Gasteiger partial charge in [0.1, 0.15) is 11.5 Å². The third-order valence-corrected chi connectivity index (χ3v) is 4.30. The van der Waals surface area contributed by atoms with Crippen molar-refractivity contribution < 1.29 is 19.1 Å². The summed E-state index contributed by atoms with van der Waals surface area (Å²) in [5, 5.41) is 3.14. The van der Waals surface area contributed by atoms with Crippen LogP contribution in [0.15, 0.2) is 72.8 Å². The molecule has 142 valence electrons. The van der Waals surface area contributed by atoms with Crippen LogP contribution in [0.1, 0.15) is 20.7 Å². The maximum Gasteiger partial charge on any atom is 0.257 e. The van der Waals surface area contributed by atoms with E-state index in [1.165, 1.54) is 0 Å². The van der Waals surface area contributed by atoms with Crippen molar-refractivity contribution in [2.75, 3.05) is 19.0 Å². The van der Waals surface area contributed by atoms with Crippen molar-refractivity contribution in [3.8, 4) is 11.5 Å². The highest BCUT2D eigenvalue weighted by Gasteiger charge is 2.11. The normalized spacial score (nSPS) is 10.2. The number of benzene rings is 3. The Balaban J connectivity index is 1.64. The fourth-order valence-electron chi connectivity index (χ4n) is 2.54. The average molecular weight is 396 g/mol. The molecule has 0 atom stereocenters. The number of Topliss-reactive ketones (excluding diaryl/α,β-unsaturated/α-hetero) is 1. The molecule has 0 fully saturated rings. The van der Waals surface area contributed by atoms with Crippen molar-refractivity contribution in [1.29, 1.82) is 0 Å². The molecule has 0 bridgehead atoms. The number of rotatable bonds is 7. The van der Waals surface area contributed by atoms with Gasteiger partial charge in [0.15, 0.2) is 12.4 Å². The first kappa shape index (κ1) is 19.5. The van der Waals surface area contributed by atoms with Gasteiger partial charge in [-0.05, 0) is 36.4 Å². The summed E-state index contributed by atoms with van der Waals surface area (Å²) in [5.41, 5.74) is 1.42. The van der Waals surface area contributed by atoms with E-state index in [1.807, 2.05) is 0 Å². The molecule has 1 amide bonds. The lowest BCUT2D eigenvalue weighted by Gasteiger charge is -2.10. The van der Waals surface area contributed by atoms with Gasteiger partial charge in [-0.2, -0.15) is 0 Å². The lowest BCUT2D eigenvalue weighted by Crippen LogP contribution is -2.13. The first-order chi connectivity index (χ1) is 13.6. The topological polar surface area (TPSA) is 64.6 Å². The number of hydrogen-bond acceptors (Lipinski definition) is 4. The molecular formula is C22H18ClNO4. The minimum Gasteiger partial charge on any atom is -0.497 e. The average Bonchev–Trinajstić information content (AvgIpc) is 2.72. The number of hydrogen-bond donors (Lipinski definition) is 1. The molecule has 1 N–H and O–H groups in total. The molecule has 0 radical (unpaired) electrons. The van der Waals surface area contributed by atoms with E-state index in [0.717, 1.165) is 0 Å². The number of nitrogens with one attached hydrogen (secondary N) is 1. The number of carbonyl (C=O) groups is 2. The molecule has 0 spiro atoms. The Bertz CT molecular complexity index is 1000. The number of ether oxygens (including phenoxy) is 2. The van der Waals surface area contributed by atoms with Gasteiger partial charge in [-0.1, -0.05) is 41.9 Å². The second kappa shape index (κ2) is 9.06. The van der Waals surface area contributed by atoms with Crippen LogP contribution < -0.4 is 14.8 Å². The molecule has 28 heavy (non-hydrogen) atoms. The molecule has 0 saturated heterocycles. The third kappa shape index (κ3) is 4.90. The Kier molecular flexibility index (Phi) is 6.29. The highest BCUT2D eigenvalue weighted by atomic mass is 35.5. The summed E-state index contributed by atoms with van der Waals surface area (Å²) in [5.74, 6) is 0.572. The Morgan fingerprint density at radius 1 is 0.929 bits per heavy atom. The zero-order valence-corrected chi connectivity index (χ0v) is 15.9. The number of ketones is 1. The van der Waals surface area contributed by atoms with Gasteiger partial charge in [0.05, 0.1) is 17.7 Å². The summed E-state index contributed by atoms with van der Waals surface area (Å²) in [6, 6.07) is 20.5. The Labute approximate surface area is 167 Å². The van der Waals surface area contributed by atoms with Gasteiger partial charge in [0.25, 0.3) is 5.91 Å². The lowest BCUT2D eigenvalue weighted by molar-refractivity contribution is 0.0920. The maximum absolute atomic E-state index is 12.4. The van der Waals surface area contributed by atoms with E-state index in [0.29, 0.717) is 33.3 Å². The zero-order valence-electron chi connectivity index (χ0n) is 15.1. The molecule has 0 aliphatic carbocycles. The zero-order chi connectivity index (χ0) is 19.9. The number of halogens is 1. The Hall–Kier alpha value is -3.31. The third-order valence-electron chi connectivity index (χ3n) is 3.97. The van der Waals surface area contributed by atoms with E-state index < -0.39 is 0 Å². The van der Waals surface area contributed by atoms with Gasteiger partial charge in [0.2, 0.25) is 0 Å². The van der Waals surface area contributed by atoms with E-state index in [9.17, 15) is 9.59 Å². The molecule has 0 aliphatic rings. The van der Waals surface area contributed by atoms with Crippen LogP contribution in [0.25, 0.3) is 0 Å². The van der Waals surface area contributed by atoms with Crippen molar-refractivity contribution in [2.45, 2.75) is 0 Å². The van der Waals surface area contributed by atoms with Crippen LogP contribution in [0, 0.1) is 0 Å². The SMILES string of the molecule is COc1cccc(C(=O)COc2cccc(NC(=O)c3ccccc3Cl)c2)c1. The molecular weight excluding hydrogens is 378 g/mol. The van der Waals surface area contributed by atoms with Crippen molar-refractivity contribution in [3.05, 3.63) is 88.9 Å². The summed E-state index contributed by atoms with van der Waals surface area (Å²) in [4.78, 5) is 24.7. The minimum atomic E-state index is -0.324. The predicted molar refractivity (Wildman–Crippen MR) is 109 cm³/mol. The smallest absolute Gasteiger partial charge is 0.257 e. The van der Waals surface area contributed by atoms with Crippen molar-refractivity contribution in [1.82, 2.24) is 0 Å². The number of carbonyl (C=O) groups excluding carboxylic acids is 2. The fraction of sp³-hybridized carbons (Fsp3) is 0.0909. The summed E-state index contributed by atoms with van der Waals surface area (Å²) in [6.07, 6.45) is 0. The van der Waals surface area contributed by atoms with Crippen LogP contribution in [-0.2, 0) is 0 Å². The molecule has 0 heterocycles. The molecule has 3 aromatic rings. The van der Waals surface area contributed by atoms with Crippen molar-refractivity contribution in [3.63, 3.8) is 0 Å². The molecule has 5 nitrogen and oxygen atoms in total. The summed E-state index contributed by atoms with van der Waals surface area (Å²) >= 11 is 6.05.